The molecule has 2 heterocycles. The molecule has 41 heavy (non-hydrogen) atoms. The summed E-state index contributed by atoms with van der Waals surface area (Å²) in [7, 11) is 0. The standard InChI is InChI=1S/C30H38N4O7/c31-27-9-7-23-3-1-5-25(29(23)33-27)40-21-19-38-17-15-36-13-11-35-12-14-37-16-18-39-20-22-41-26-6-2-4-24-8-10-28(32)34-30(24)26/h1-10H,11-22H2,(H2,31,33)(H2,32,34). The SMILES string of the molecule is Nc1ccc2cccc(OCCOCCOCCOCCOCCOCCOc3cccc4ccc(N)nc34)c2n1. The van der Waals surface area contributed by atoms with Crippen LogP contribution in [0.3, 0.4) is 0 Å². The summed E-state index contributed by atoms with van der Waals surface area (Å²) < 4.78 is 39.3. The van der Waals surface area contributed by atoms with E-state index in [1.807, 2.05) is 48.5 Å². The van der Waals surface area contributed by atoms with Crippen LogP contribution in [0.5, 0.6) is 11.5 Å². The minimum Gasteiger partial charge on any atom is -0.489 e. The number of ether oxygens (including phenoxy) is 7. The van der Waals surface area contributed by atoms with Crippen molar-refractivity contribution >= 4 is 33.4 Å². The summed E-state index contributed by atoms with van der Waals surface area (Å²) in [6.07, 6.45) is 0. The lowest BCUT2D eigenvalue weighted by molar-refractivity contribution is -0.0141. The predicted octanol–water partition coefficient (Wildman–Crippen LogP) is 3.49. The number of para-hydroxylation sites is 2. The second kappa shape index (κ2) is 17.2. The number of pyridine rings is 2. The molecule has 0 saturated carbocycles. The fourth-order valence-electron chi connectivity index (χ4n) is 3.91. The summed E-state index contributed by atoms with van der Waals surface area (Å²) in [6.45, 7) is 5.61. The van der Waals surface area contributed by atoms with Gasteiger partial charge in [0.2, 0.25) is 0 Å². The van der Waals surface area contributed by atoms with Crippen LogP contribution in [-0.4, -0.2) is 89.3 Å². The number of aromatic nitrogens is 2. The van der Waals surface area contributed by atoms with Crippen LogP contribution >= 0.6 is 0 Å². The Bertz CT molecular complexity index is 1240. The number of benzene rings is 2. The van der Waals surface area contributed by atoms with Gasteiger partial charge in [0.15, 0.2) is 0 Å². The maximum Gasteiger partial charge on any atom is 0.145 e. The van der Waals surface area contributed by atoms with E-state index < -0.39 is 0 Å². The minimum atomic E-state index is 0.413. The molecule has 0 saturated heterocycles. The molecule has 0 atom stereocenters. The summed E-state index contributed by atoms with van der Waals surface area (Å²) >= 11 is 0. The van der Waals surface area contributed by atoms with Crippen molar-refractivity contribution in [3.63, 3.8) is 0 Å². The Morgan fingerprint density at radius 1 is 0.415 bits per heavy atom. The highest BCUT2D eigenvalue weighted by Gasteiger charge is 2.05. The Morgan fingerprint density at radius 2 is 0.756 bits per heavy atom. The van der Waals surface area contributed by atoms with E-state index in [9.17, 15) is 0 Å². The number of nitrogens with zero attached hydrogens (tertiary/aromatic N) is 2. The van der Waals surface area contributed by atoms with Gasteiger partial charge in [-0.1, -0.05) is 24.3 Å². The van der Waals surface area contributed by atoms with Crippen molar-refractivity contribution in [2.45, 2.75) is 0 Å². The lowest BCUT2D eigenvalue weighted by Crippen LogP contribution is -2.15. The first-order valence-corrected chi connectivity index (χ1v) is 13.7. The summed E-state index contributed by atoms with van der Waals surface area (Å²) in [5.41, 5.74) is 13.1. The molecule has 4 N–H and O–H groups in total. The van der Waals surface area contributed by atoms with Crippen LogP contribution in [0, 0.1) is 0 Å². The molecule has 2 aromatic carbocycles. The van der Waals surface area contributed by atoms with E-state index in [1.54, 1.807) is 12.1 Å². The van der Waals surface area contributed by atoms with E-state index >= 15 is 0 Å². The van der Waals surface area contributed by atoms with Gasteiger partial charge in [0.25, 0.3) is 0 Å². The molecule has 2 aromatic heterocycles. The van der Waals surface area contributed by atoms with Crippen molar-refractivity contribution in [3.8, 4) is 11.5 Å². The normalized spacial score (nSPS) is 11.3. The lowest BCUT2D eigenvalue weighted by atomic mass is 10.2. The zero-order chi connectivity index (χ0) is 28.5. The number of fused-ring (bicyclic) bond motifs is 2. The summed E-state index contributed by atoms with van der Waals surface area (Å²) in [5, 5.41) is 1.96. The Kier molecular flexibility index (Phi) is 12.6. The van der Waals surface area contributed by atoms with Crippen LogP contribution in [0.1, 0.15) is 0 Å². The summed E-state index contributed by atoms with van der Waals surface area (Å²) in [6, 6.07) is 18.9. The van der Waals surface area contributed by atoms with Crippen LogP contribution in [0.4, 0.5) is 11.6 Å². The fourth-order valence-corrected chi connectivity index (χ4v) is 3.91. The Morgan fingerprint density at radius 3 is 1.12 bits per heavy atom. The molecule has 0 fully saturated rings. The number of rotatable bonds is 20. The van der Waals surface area contributed by atoms with E-state index in [0.29, 0.717) is 102 Å². The highest BCUT2D eigenvalue weighted by atomic mass is 16.6. The van der Waals surface area contributed by atoms with Gasteiger partial charge in [0.1, 0.15) is 47.4 Å². The molecule has 220 valence electrons. The fraction of sp³-hybridized carbons (Fsp3) is 0.400. The average molecular weight is 567 g/mol. The lowest BCUT2D eigenvalue weighted by Gasteiger charge is -2.10. The number of nitrogens with two attached hydrogens (primary N) is 2. The second-order valence-electron chi connectivity index (χ2n) is 8.89. The van der Waals surface area contributed by atoms with Crippen molar-refractivity contribution < 1.29 is 33.2 Å². The zero-order valence-corrected chi connectivity index (χ0v) is 23.2. The van der Waals surface area contributed by atoms with E-state index in [2.05, 4.69) is 9.97 Å². The number of hydrogen-bond donors (Lipinski definition) is 2. The highest BCUT2D eigenvalue weighted by Crippen LogP contribution is 2.25. The van der Waals surface area contributed by atoms with Crippen molar-refractivity contribution in [2.75, 3.05) is 90.7 Å². The van der Waals surface area contributed by atoms with Crippen LogP contribution in [0.2, 0.25) is 0 Å². The third kappa shape index (κ3) is 10.3. The van der Waals surface area contributed by atoms with Gasteiger partial charge >= 0.3 is 0 Å². The molecular formula is C30H38N4O7. The van der Waals surface area contributed by atoms with Crippen molar-refractivity contribution in [3.05, 3.63) is 60.7 Å². The van der Waals surface area contributed by atoms with Crippen LogP contribution < -0.4 is 20.9 Å². The third-order valence-corrected chi connectivity index (χ3v) is 5.87. The van der Waals surface area contributed by atoms with Crippen LogP contribution in [0.15, 0.2) is 60.7 Å². The summed E-state index contributed by atoms with van der Waals surface area (Å²) in [5.74, 6) is 2.31. The van der Waals surface area contributed by atoms with Gasteiger partial charge in [-0.2, -0.15) is 0 Å². The first-order valence-electron chi connectivity index (χ1n) is 13.7. The van der Waals surface area contributed by atoms with Gasteiger partial charge < -0.3 is 44.6 Å². The third-order valence-electron chi connectivity index (χ3n) is 5.87. The monoisotopic (exact) mass is 566 g/mol. The first-order chi connectivity index (χ1) is 20.2. The van der Waals surface area contributed by atoms with Crippen LogP contribution in [-0.2, 0) is 23.7 Å². The molecule has 0 spiro atoms. The van der Waals surface area contributed by atoms with Crippen molar-refractivity contribution in [1.29, 1.82) is 0 Å². The van der Waals surface area contributed by atoms with Crippen LogP contribution in [0.25, 0.3) is 21.8 Å². The van der Waals surface area contributed by atoms with Gasteiger partial charge in [-0.05, 0) is 36.4 Å². The van der Waals surface area contributed by atoms with Crippen molar-refractivity contribution in [2.24, 2.45) is 0 Å². The van der Waals surface area contributed by atoms with Gasteiger partial charge in [0.05, 0.1) is 66.1 Å². The predicted molar refractivity (Wildman–Crippen MR) is 157 cm³/mol. The molecule has 4 rings (SSSR count). The maximum atomic E-state index is 5.80. The smallest absolute Gasteiger partial charge is 0.145 e. The molecular weight excluding hydrogens is 528 g/mol. The number of hydrogen-bond acceptors (Lipinski definition) is 11. The number of anilines is 2. The number of nitrogen functional groups attached to an aromatic ring is 2. The van der Waals surface area contributed by atoms with E-state index in [0.717, 1.165) is 21.8 Å². The Balaban J connectivity index is 0.903. The summed E-state index contributed by atoms with van der Waals surface area (Å²) in [4.78, 5) is 8.70. The molecule has 11 heteroatoms. The molecule has 0 aliphatic heterocycles. The van der Waals surface area contributed by atoms with E-state index in [-0.39, 0.29) is 0 Å². The highest BCUT2D eigenvalue weighted by molar-refractivity contribution is 5.86. The molecule has 11 nitrogen and oxygen atoms in total. The molecule has 0 aliphatic carbocycles. The molecule has 0 aliphatic rings. The second-order valence-corrected chi connectivity index (χ2v) is 8.89. The van der Waals surface area contributed by atoms with Gasteiger partial charge in [-0.25, -0.2) is 9.97 Å². The molecule has 0 unspecified atom stereocenters. The quantitative estimate of drug-likeness (QED) is 0.152. The minimum absolute atomic E-state index is 0.413. The zero-order valence-electron chi connectivity index (χ0n) is 23.2. The van der Waals surface area contributed by atoms with E-state index in [1.165, 1.54) is 0 Å². The van der Waals surface area contributed by atoms with E-state index in [4.69, 9.17) is 44.6 Å². The largest absolute Gasteiger partial charge is 0.489 e. The average Bonchev–Trinajstić information content (AvgIpc) is 2.98. The maximum absolute atomic E-state index is 5.80. The topological polar surface area (TPSA) is 142 Å². The Hall–Kier alpha value is -3.74. The van der Waals surface area contributed by atoms with Gasteiger partial charge in [-0.15, -0.1) is 0 Å². The van der Waals surface area contributed by atoms with Gasteiger partial charge in [-0.3, -0.25) is 0 Å². The van der Waals surface area contributed by atoms with Crippen molar-refractivity contribution in [1.82, 2.24) is 9.97 Å². The molecule has 0 amide bonds. The molecule has 4 aromatic rings. The first kappa shape index (κ1) is 30.2. The van der Waals surface area contributed by atoms with Gasteiger partial charge in [0, 0.05) is 10.8 Å². The Labute approximate surface area is 239 Å². The molecule has 0 radical (unpaired) electrons. The molecule has 0 bridgehead atoms.